The molecule has 0 saturated carbocycles. The molecular formula is C10H20N2O. The van der Waals surface area contributed by atoms with Crippen LogP contribution in [0.4, 0.5) is 0 Å². The van der Waals surface area contributed by atoms with E-state index >= 15 is 0 Å². The van der Waals surface area contributed by atoms with Crippen molar-refractivity contribution in [2.24, 2.45) is 5.92 Å². The van der Waals surface area contributed by atoms with Crippen LogP contribution in [-0.2, 0) is 4.74 Å². The lowest BCUT2D eigenvalue weighted by atomic mass is 9.90. The molecule has 2 heterocycles. The van der Waals surface area contributed by atoms with Crippen LogP contribution in [0.2, 0.25) is 0 Å². The molecule has 2 N–H and O–H groups in total. The third kappa shape index (κ3) is 2.66. The maximum Gasteiger partial charge on any atom is 0.0591 e. The fraction of sp³-hybridized carbons (Fsp3) is 1.00. The van der Waals surface area contributed by atoms with Crippen molar-refractivity contribution >= 4 is 0 Å². The number of ether oxygens (including phenoxy) is 1. The predicted molar refractivity (Wildman–Crippen MR) is 52.8 cm³/mol. The molecule has 2 atom stereocenters. The van der Waals surface area contributed by atoms with Gasteiger partial charge in [-0.1, -0.05) is 0 Å². The highest BCUT2D eigenvalue weighted by molar-refractivity contribution is 4.82. The average molecular weight is 184 g/mol. The van der Waals surface area contributed by atoms with Crippen LogP contribution in [0.15, 0.2) is 0 Å². The molecule has 0 radical (unpaired) electrons. The van der Waals surface area contributed by atoms with Crippen molar-refractivity contribution in [2.45, 2.75) is 25.3 Å². The molecule has 2 fully saturated rings. The summed E-state index contributed by atoms with van der Waals surface area (Å²) in [6.07, 6.45) is 3.90. The fourth-order valence-electron chi connectivity index (χ4n) is 2.36. The number of nitrogens with one attached hydrogen (secondary N) is 2. The topological polar surface area (TPSA) is 33.3 Å². The van der Waals surface area contributed by atoms with E-state index in [-0.39, 0.29) is 0 Å². The molecule has 13 heavy (non-hydrogen) atoms. The van der Waals surface area contributed by atoms with Gasteiger partial charge in [-0.05, 0) is 38.3 Å². The van der Waals surface area contributed by atoms with Gasteiger partial charge in [-0.2, -0.15) is 0 Å². The third-order valence-corrected chi connectivity index (χ3v) is 3.13. The van der Waals surface area contributed by atoms with Gasteiger partial charge in [0.2, 0.25) is 0 Å². The van der Waals surface area contributed by atoms with Crippen molar-refractivity contribution in [2.75, 3.05) is 32.8 Å². The first-order valence-corrected chi connectivity index (χ1v) is 5.48. The summed E-state index contributed by atoms with van der Waals surface area (Å²) in [6.45, 7) is 5.25. The summed E-state index contributed by atoms with van der Waals surface area (Å²) in [5.74, 6) is 0.829. The quantitative estimate of drug-likeness (QED) is 0.617. The highest BCUT2D eigenvalue weighted by atomic mass is 16.5. The second-order valence-electron chi connectivity index (χ2n) is 4.07. The molecule has 0 spiro atoms. The van der Waals surface area contributed by atoms with Crippen molar-refractivity contribution in [1.82, 2.24) is 10.6 Å². The molecule has 2 saturated heterocycles. The molecule has 0 aliphatic carbocycles. The molecule has 0 amide bonds. The van der Waals surface area contributed by atoms with Crippen LogP contribution in [-0.4, -0.2) is 38.9 Å². The first-order chi connectivity index (χ1) is 6.47. The van der Waals surface area contributed by atoms with E-state index in [4.69, 9.17) is 4.74 Å². The van der Waals surface area contributed by atoms with E-state index in [0.29, 0.717) is 6.04 Å². The minimum absolute atomic E-state index is 0.690. The first-order valence-electron chi connectivity index (χ1n) is 5.48. The Labute approximate surface area is 80.2 Å². The highest BCUT2D eigenvalue weighted by Crippen LogP contribution is 2.17. The summed E-state index contributed by atoms with van der Waals surface area (Å²) in [5, 5.41) is 7.06. The summed E-state index contributed by atoms with van der Waals surface area (Å²) >= 11 is 0. The van der Waals surface area contributed by atoms with E-state index in [1.54, 1.807) is 0 Å². The molecule has 0 aromatic carbocycles. The number of hydrogen-bond donors (Lipinski definition) is 2. The van der Waals surface area contributed by atoms with Crippen molar-refractivity contribution < 1.29 is 4.74 Å². The van der Waals surface area contributed by atoms with Crippen LogP contribution in [0, 0.1) is 5.92 Å². The lowest BCUT2D eigenvalue weighted by Crippen LogP contribution is -2.44. The Bertz CT molecular complexity index is 138. The Balaban J connectivity index is 1.82. The Morgan fingerprint density at radius 3 is 2.92 bits per heavy atom. The molecule has 2 aliphatic rings. The molecule has 0 aromatic rings. The SMILES string of the molecule is C1CNCC(C2CCOCCN2)C1. The largest absolute Gasteiger partial charge is 0.380 e. The Morgan fingerprint density at radius 1 is 1.08 bits per heavy atom. The molecule has 0 bridgehead atoms. The summed E-state index contributed by atoms with van der Waals surface area (Å²) in [4.78, 5) is 0. The van der Waals surface area contributed by atoms with Gasteiger partial charge < -0.3 is 15.4 Å². The summed E-state index contributed by atoms with van der Waals surface area (Å²) < 4.78 is 5.43. The summed E-state index contributed by atoms with van der Waals surface area (Å²) in [6, 6.07) is 0.690. The van der Waals surface area contributed by atoms with Crippen LogP contribution >= 0.6 is 0 Å². The monoisotopic (exact) mass is 184 g/mol. The van der Waals surface area contributed by atoms with E-state index in [1.807, 2.05) is 0 Å². The van der Waals surface area contributed by atoms with Crippen molar-refractivity contribution in [3.8, 4) is 0 Å². The van der Waals surface area contributed by atoms with E-state index in [2.05, 4.69) is 10.6 Å². The van der Waals surface area contributed by atoms with E-state index in [9.17, 15) is 0 Å². The van der Waals surface area contributed by atoms with Crippen molar-refractivity contribution in [3.63, 3.8) is 0 Å². The van der Waals surface area contributed by atoms with Gasteiger partial charge in [0.05, 0.1) is 6.61 Å². The van der Waals surface area contributed by atoms with E-state index < -0.39 is 0 Å². The second-order valence-corrected chi connectivity index (χ2v) is 4.07. The van der Waals surface area contributed by atoms with Gasteiger partial charge in [-0.3, -0.25) is 0 Å². The second kappa shape index (κ2) is 4.94. The van der Waals surface area contributed by atoms with Crippen molar-refractivity contribution in [3.05, 3.63) is 0 Å². The lowest BCUT2D eigenvalue weighted by molar-refractivity contribution is 0.147. The maximum absolute atomic E-state index is 5.43. The highest BCUT2D eigenvalue weighted by Gasteiger charge is 2.23. The van der Waals surface area contributed by atoms with Gasteiger partial charge >= 0.3 is 0 Å². The summed E-state index contributed by atoms with van der Waals surface area (Å²) in [7, 11) is 0. The number of piperidine rings is 1. The van der Waals surface area contributed by atoms with E-state index in [1.165, 1.54) is 32.4 Å². The van der Waals surface area contributed by atoms with Crippen LogP contribution in [0.3, 0.4) is 0 Å². The molecule has 2 rings (SSSR count). The zero-order chi connectivity index (χ0) is 8.93. The van der Waals surface area contributed by atoms with Gasteiger partial charge in [0.1, 0.15) is 0 Å². The zero-order valence-electron chi connectivity index (χ0n) is 8.22. The molecule has 2 unspecified atom stereocenters. The normalized spacial score (nSPS) is 36.9. The first kappa shape index (κ1) is 9.44. The average Bonchev–Trinajstić information content (AvgIpc) is 2.47. The molecule has 3 nitrogen and oxygen atoms in total. The Kier molecular flexibility index (Phi) is 3.58. The summed E-state index contributed by atoms with van der Waals surface area (Å²) in [5.41, 5.74) is 0. The lowest BCUT2D eigenvalue weighted by Gasteiger charge is -2.30. The van der Waals surface area contributed by atoms with Gasteiger partial charge in [0.25, 0.3) is 0 Å². The maximum atomic E-state index is 5.43. The molecule has 76 valence electrons. The van der Waals surface area contributed by atoms with Crippen molar-refractivity contribution in [1.29, 1.82) is 0 Å². The van der Waals surface area contributed by atoms with E-state index in [0.717, 1.165) is 25.7 Å². The van der Waals surface area contributed by atoms with Gasteiger partial charge in [-0.15, -0.1) is 0 Å². The smallest absolute Gasteiger partial charge is 0.0591 e. The Hall–Kier alpha value is -0.120. The standard InChI is InChI=1S/C10H20N2O/c1-2-9(8-11-4-1)10-3-6-13-7-5-12-10/h9-12H,1-8H2. The minimum Gasteiger partial charge on any atom is -0.380 e. The third-order valence-electron chi connectivity index (χ3n) is 3.13. The fourth-order valence-corrected chi connectivity index (χ4v) is 2.36. The number of hydrogen-bond acceptors (Lipinski definition) is 3. The van der Waals surface area contributed by atoms with Gasteiger partial charge in [-0.25, -0.2) is 0 Å². The van der Waals surface area contributed by atoms with Gasteiger partial charge in [0, 0.05) is 19.2 Å². The van der Waals surface area contributed by atoms with Crippen LogP contribution in [0.5, 0.6) is 0 Å². The number of rotatable bonds is 1. The van der Waals surface area contributed by atoms with Crippen LogP contribution < -0.4 is 10.6 Å². The van der Waals surface area contributed by atoms with Crippen LogP contribution in [0.25, 0.3) is 0 Å². The van der Waals surface area contributed by atoms with Gasteiger partial charge in [0.15, 0.2) is 0 Å². The molecule has 2 aliphatic heterocycles. The zero-order valence-corrected chi connectivity index (χ0v) is 8.22. The Morgan fingerprint density at radius 2 is 2.08 bits per heavy atom. The predicted octanol–water partition coefficient (Wildman–Crippen LogP) is 0.364. The molecular weight excluding hydrogens is 164 g/mol. The van der Waals surface area contributed by atoms with Crippen LogP contribution in [0.1, 0.15) is 19.3 Å². The minimum atomic E-state index is 0.690. The molecule has 0 aromatic heterocycles. The molecule has 3 heteroatoms.